The Hall–Kier alpha value is 0.480. The summed E-state index contributed by atoms with van der Waals surface area (Å²) in [6.07, 6.45) is 0. The molecule has 0 aliphatic carbocycles. The number of aromatic hydroxyl groups is 1. The molecule has 0 fully saturated rings. The van der Waals surface area contributed by atoms with Crippen LogP contribution in [0.25, 0.3) is 0 Å². The maximum atomic E-state index is 9.40. The van der Waals surface area contributed by atoms with Crippen LogP contribution in [-0.4, -0.2) is 5.11 Å². The van der Waals surface area contributed by atoms with Crippen LogP contribution in [0.5, 0.6) is 5.75 Å². The van der Waals surface area contributed by atoms with Crippen molar-refractivity contribution >= 4 is 45.2 Å². The first-order chi connectivity index (χ1) is 5.04. The Bertz CT molecular complexity index is 268. The SMILES string of the molecule is Cc1c(O)cc(I)c(I)c1C. The first-order valence-corrected chi connectivity index (χ1v) is 5.34. The molecule has 0 atom stereocenters. The van der Waals surface area contributed by atoms with E-state index in [0.29, 0.717) is 5.75 Å². The number of benzene rings is 1. The summed E-state index contributed by atoms with van der Waals surface area (Å²) in [5, 5.41) is 9.40. The van der Waals surface area contributed by atoms with E-state index in [2.05, 4.69) is 45.2 Å². The normalized spacial score (nSPS) is 10.2. The summed E-state index contributed by atoms with van der Waals surface area (Å²) in [6.45, 7) is 3.96. The van der Waals surface area contributed by atoms with Gasteiger partial charge in [0.2, 0.25) is 0 Å². The molecule has 0 radical (unpaired) electrons. The molecule has 1 rings (SSSR count). The maximum Gasteiger partial charge on any atom is 0.119 e. The van der Waals surface area contributed by atoms with Crippen LogP contribution in [0.15, 0.2) is 6.07 Å². The summed E-state index contributed by atoms with van der Waals surface area (Å²) >= 11 is 4.52. The van der Waals surface area contributed by atoms with Crippen molar-refractivity contribution in [3.63, 3.8) is 0 Å². The summed E-state index contributed by atoms with van der Waals surface area (Å²) in [5.74, 6) is 0.396. The molecule has 0 saturated heterocycles. The first-order valence-electron chi connectivity index (χ1n) is 3.18. The van der Waals surface area contributed by atoms with Crippen molar-refractivity contribution < 1.29 is 5.11 Å². The van der Waals surface area contributed by atoms with Gasteiger partial charge in [-0.25, -0.2) is 0 Å². The number of phenolic OH excluding ortho intramolecular Hbond substituents is 1. The van der Waals surface area contributed by atoms with E-state index in [9.17, 15) is 5.11 Å². The number of hydrogen-bond donors (Lipinski definition) is 1. The van der Waals surface area contributed by atoms with Gasteiger partial charge in [0, 0.05) is 7.14 Å². The molecular formula is C8H8I2O. The quantitative estimate of drug-likeness (QED) is 0.692. The van der Waals surface area contributed by atoms with Gasteiger partial charge in [-0.3, -0.25) is 0 Å². The number of halogens is 2. The van der Waals surface area contributed by atoms with Crippen molar-refractivity contribution in [1.82, 2.24) is 0 Å². The number of rotatable bonds is 0. The fraction of sp³-hybridized carbons (Fsp3) is 0.250. The van der Waals surface area contributed by atoms with Crippen molar-refractivity contribution in [2.24, 2.45) is 0 Å². The van der Waals surface area contributed by atoms with Gasteiger partial charge in [-0.1, -0.05) is 0 Å². The van der Waals surface area contributed by atoms with E-state index in [1.807, 2.05) is 13.8 Å². The van der Waals surface area contributed by atoms with Crippen molar-refractivity contribution in [1.29, 1.82) is 0 Å². The van der Waals surface area contributed by atoms with Gasteiger partial charge in [-0.15, -0.1) is 0 Å². The molecule has 1 nitrogen and oxygen atoms in total. The van der Waals surface area contributed by atoms with Crippen molar-refractivity contribution in [3.05, 3.63) is 24.3 Å². The standard InChI is InChI=1S/C8H8I2O/c1-4-5(2)8(10)6(9)3-7(4)11/h3,11H,1-2H3. The Labute approximate surface area is 93.5 Å². The average Bonchev–Trinajstić information content (AvgIpc) is 1.97. The third-order valence-electron chi connectivity index (χ3n) is 1.75. The lowest BCUT2D eigenvalue weighted by atomic mass is 10.1. The highest BCUT2D eigenvalue weighted by Crippen LogP contribution is 2.28. The minimum Gasteiger partial charge on any atom is -0.508 e. The molecule has 60 valence electrons. The molecule has 1 aromatic carbocycles. The molecule has 0 aliphatic rings. The zero-order valence-electron chi connectivity index (χ0n) is 6.28. The molecule has 1 N–H and O–H groups in total. The lowest BCUT2D eigenvalue weighted by Gasteiger charge is -2.06. The Balaban J connectivity index is 3.46. The van der Waals surface area contributed by atoms with Gasteiger partial charge in [0.25, 0.3) is 0 Å². The summed E-state index contributed by atoms with van der Waals surface area (Å²) in [6, 6.07) is 1.80. The monoisotopic (exact) mass is 374 g/mol. The zero-order valence-corrected chi connectivity index (χ0v) is 10.6. The fourth-order valence-corrected chi connectivity index (χ4v) is 2.09. The molecule has 1 aromatic rings. The van der Waals surface area contributed by atoms with Crippen LogP contribution in [0, 0.1) is 21.0 Å². The molecule has 0 amide bonds. The minimum absolute atomic E-state index is 0.396. The number of phenols is 1. The van der Waals surface area contributed by atoms with E-state index in [0.717, 1.165) is 9.13 Å². The van der Waals surface area contributed by atoms with E-state index in [1.54, 1.807) is 6.07 Å². The van der Waals surface area contributed by atoms with Crippen LogP contribution in [0.4, 0.5) is 0 Å². The predicted molar refractivity (Wildman–Crippen MR) is 63.0 cm³/mol. The second kappa shape index (κ2) is 3.47. The summed E-state index contributed by atoms with van der Waals surface area (Å²) in [4.78, 5) is 0. The Morgan fingerprint density at radius 2 is 1.73 bits per heavy atom. The van der Waals surface area contributed by atoms with E-state index >= 15 is 0 Å². The second-order valence-corrected chi connectivity index (χ2v) is 4.68. The predicted octanol–water partition coefficient (Wildman–Crippen LogP) is 3.22. The lowest BCUT2D eigenvalue weighted by molar-refractivity contribution is 0.470. The van der Waals surface area contributed by atoms with Crippen molar-refractivity contribution in [2.45, 2.75) is 13.8 Å². The van der Waals surface area contributed by atoms with Gasteiger partial charge in [0.15, 0.2) is 0 Å². The summed E-state index contributed by atoms with van der Waals surface area (Å²) in [5.41, 5.74) is 2.16. The Kier molecular flexibility index (Phi) is 3.02. The topological polar surface area (TPSA) is 20.2 Å². The molecular weight excluding hydrogens is 366 g/mol. The van der Waals surface area contributed by atoms with E-state index in [-0.39, 0.29) is 0 Å². The Morgan fingerprint density at radius 1 is 1.18 bits per heavy atom. The molecule has 0 aliphatic heterocycles. The molecule has 0 saturated carbocycles. The molecule has 3 heteroatoms. The van der Waals surface area contributed by atoms with Crippen molar-refractivity contribution in [3.8, 4) is 5.75 Å². The molecule has 0 aromatic heterocycles. The lowest BCUT2D eigenvalue weighted by Crippen LogP contribution is -1.89. The summed E-state index contributed by atoms with van der Waals surface area (Å²) in [7, 11) is 0. The molecule has 0 heterocycles. The second-order valence-electron chi connectivity index (χ2n) is 2.44. The third kappa shape index (κ3) is 1.80. The zero-order chi connectivity index (χ0) is 8.59. The first kappa shape index (κ1) is 9.57. The minimum atomic E-state index is 0.396. The van der Waals surface area contributed by atoms with Crippen LogP contribution in [0.1, 0.15) is 11.1 Å². The van der Waals surface area contributed by atoms with E-state index in [4.69, 9.17) is 0 Å². The summed E-state index contributed by atoms with van der Waals surface area (Å²) < 4.78 is 2.35. The molecule has 11 heavy (non-hydrogen) atoms. The van der Waals surface area contributed by atoms with Crippen LogP contribution < -0.4 is 0 Å². The van der Waals surface area contributed by atoms with Crippen LogP contribution in [0.3, 0.4) is 0 Å². The molecule has 0 unspecified atom stereocenters. The third-order valence-corrected chi connectivity index (χ3v) is 5.02. The Morgan fingerprint density at radius 3 is 2.27 bits per heavy atom. The van der Waals surface area contributed by atoms with E-state index in [1.165, 1.54) is 9.13 Å². The van der Waals surface area contributed by atoms with Gasteiger partial charge in [0.05, 0.1) is 0 Å². The van der Waals surface area contributed by atoms with Crippen LogP contribution in [-0.2, 0) is 0 Å². The van der Waals surface area contributed by atoms with Gasteiger partial charge in [0.1, 0.15) is 5.75 Å². The smallest absolute Gasteiger partial charge is 0.119 e. The highest BCUT2D eigenvalue weighted by atomic mass is 127. The highest BCUT2D eigenvalue weighted by Gasteiger charge is 2.06. The largest absolute Gasteiger partial charge is 0.508 e. The molecule has 0 spiro atoms. The average molecular weight is 374 g/mol. The van der Waals surface area contributed by atoms with E-state index < -0.39 is 0 Å². The fourth-order valence-electron chi connectivity index (χ4n) is 0.827. The van der Waals surface area contributed by atoms with Gasteiger partial charge < -0.3 is 5.11 Å². The molecule has 0 bridgehead atoms. The van der Waals surface area contributed by atoms with Gasteiger partial charge in [-0.2, -0.15) is 0 Å². The maximum absolute atomic E-state index is 9.40. The van der Waals surface area contributed by atoms with Crippen LogP contribution >= 0.6 is 45.2 Å². The van der Waals surface area contributed by atoms with Crippen molar-refractivity contribution in [2.75, 3.05) is 0 Å². The van der Waals surface area contributed by atoms with Gasteiger partial charge in [-0.05, 0) is 76.2 Å². The van der Waals surface area contributed by atoms with Crippen LogP contribution in [0.2, 0.25) is 0 Å². The number of hydrogen-bond acceptors (Lipinski definition) is 1. The van der Waals surface area contributed by atoms with Gasteiger partial charge >= 0.3 is 0 Å². The highest BCUT2D eigenvalue weighted by molar-refractivity contribution is 14.1.